The molecule has 1 fully saturated rings. The molecule has 2 rings (SSSR count). The van der Waals surface area contributed by atoms with Crippen LogP contribution in [-0.4, -0.2) is 31.7 Å². The first-order valence-corrected chi connectivity index (χ1v) is 6.56. The molecule has 0 radical (unpaired) electrons. The third-order valence-corrected chi connectivity index (χ3v) is 3.48. The smallest absolute Gasteiger partial charge is 0.193 e. The maximum Gasteiger partial charge on any atom is 0.193 e. The van der Waals surface area contributed by atoms with Crippen molar-refractivity contribution in [3.63, 3.8) is 0 Å². The van der Waals surface area contributed by atoms with Crippen molar-refractivity contribution in [2.75, 3.05) is 19.8 Å². The molecule has 0 saturated carbocycles. The van der Waals surface area contributed by atoms with E-state index >= 15 is 0 Å². The molecule has 0 N–H and O–H groups in total. The van der Waals surface area contributed by atoms with Crippen molar-refractivity contribution in [1.29, 1.82) is 0 Å². The van der Waals surface area contributed by atoms with Crippen LogP contribution in [0.2, 0.25) is 0 Å². The zero-order valence-corrected chi connectivity index (χ0v) is 11.0. The Morgan fingerprint density at radius 1 is 1.33 bits per heavy atom. The van der Waals surface area contributed by atoms with Crippen molar-refractivity contribution in [2.45, 2.75) is 32.3 Å². The van der Waals surface area contributed by atoms with Gasteiger partial charge in [-0.1, -0.05) is 38.1 Å². The molecule has 0 bridgehead atoms. The van der Waals surface area contributed by atoms with Gasteiger partial charge in [0, 0.05) is 5.56 Å². The second-order valence-corrected chi connectivity index (χ2v) is 4.73. The second-order valence-electron chi connectivity index (χ2n) is 4.73. The van der Waals surface area contributed by atoms with E-state index < -0.39 is 6.10 Å². The first-order chi connectivity index (χ1) is 8.72. The van der Waals surface area contributed by atoms with Crippen molar-refractivity contribution in [2.24, 2.45) is 0 Å². The molecular weight excluding hydrogens is 228 g/mol. The first kappa shape index (κ1) is 13.2. The van der Waals surface area contributed by atoms with E-state index in [0.29, 0.717) is 31.3 Å². The molecule has 0 aromatic heterocycles. The van der Waals surface area contributed by atoms with Crippen LogP contribution in [-0.2, 0) is 9.47 Å². The standard InChI is InChI=1S/C15H20O3/c1-3-11(2)12-4-6-13(7-5-12)15(16)14-10-17-8-9-18-14/h4-7,11,14H,3,8-10H2,1-2H3. The van der Waals surface area contributed by atoms with E-state index in [1.165, 1.54) is 5.56 Å². The summed E-state index contributed by atoms with van der Waals surface area (Å²) >= 11 is 0. The summed E-state index contributed by atoms with van der Waals surface area (Å²) in [6.07, 6.45) is 0.667. The largest absolute Gasteiger partial charge is 0.376 e. The SMILES string of the molecule is CCC(C)c1ccc(C(=O)C2COCCO2)cc1. The molecule has 1 aliphatic rings. The van der Waals surface area contributed by atoms with Crippen LogP contribution in [0.4, 0.5) is 0 Å². The molecule has 0 aliphatic carbocycles. The first-order valence-electron chi connectivity index (χ1n) is 6.56. The molecule has 1 aliphatic heterocycles. The predicted octanol–water partition coefficient (Wildman–Crippen LogP) is 2.80. The molecule has 1 aromatic carbocycles. The van der Waals surface area contributed by atoms with Crippen LogP contribution < -0.4 is 0 Å². The zero-order chi connectivity index (χ0) is 13.0. The van der Waals surface area contributed by atoms with Crippen molar-refractivity contribution >= 4 is 5.78 Å². The van der Waals surface area contributed by atoms with E-state index in [2.05, 4.69) is 13.8 Å². The molecule has 2 unspecified atom stereocenters. The molecule has 1 aromatic rings. The number of benzene rings is 1. The van der Waals surface area contributed by atoms with Gasteiger partial charge in [-0.05, 0) is 17.9 Å². The van der Waals surface area contributed by atoms with Crippen LogP contribution in [0.1, 0.15) is 42.1 Å². The van der Waals surface area contributed by atoms with Crippen LogP contribution in [0.15, 0.2) is 24.3 Å². The molecular formula is C15H20O3. The van der Waals surface area contributed by atoms with Crippen molar-refractivity contribution in [3.8, 4) is 0 Å². The highest BCUT2D eigenvalue weighted by Gasteiger charge is 2.23. The number of rotatable bonds is 4. The van der Waals surface area contributed by atoms with Gasteiger partial charge in [0.2, 0.25) is 0 Å². The molecule has 1 saturated heterocycles. The molecule has 3 nitrogen and oxygen atoms in total. The number of ether oxygens (including phenoxy) is 2. The number of Topliss-reactive ketones (excluding diaryl/α,β-unsaturated/α-hetero) is 1. The van der Waals surface area contributed by atoms with Gasteiger partial charge >= 0.3 is 0 Å². The summed E-state index contributed by atoms with van der Waals surface area (Å²) < 4.78 is 10.7. The summed E-state index contributed by atoms with van der Waals surface area (Å²) in [7, 11) is 0. The number of carbonyl (C=O) groups excluding carboxylic acids is 1. The zero-order valence-electron chi connectivity index (χ0n) is 11.0. The lowest BCUT2D eigenvalue weighted by Gasteiger charge is -2.21. The van der Waals surface area contributed by atoms with Gasteiger partial charge < -0.3 is 9.47 Å². The molecule has 3 heteroatoms. The highest BCUT2D eigenvalue weighted by molar-refractivity contribution is 5.99. The number of hydrogen-bond donors (Lipinski definition) is 0. The molecule has 0 spiro atoms. The average molecular weight is 248 g/mol. The minimum absolute atomic E-state index is 0.0189. The second kappa shape index (κ2) is 6.12. The Morgan fingerprint density at radius 2 is 2.06 bits per heavy atom. The fourth-order valence-corrected chi connectivity index (χ4v) is 2.04. The normalized spacial score (nSPS) is 21.6. The van der Waals surface area contributed by atoms with Crippen molar-refractivity contribution in [1.82, 2.24) is 0 Å². The monoisotopic (exact) mass is 248 g/mol. The quantitative estimate of drug-likeness (QED) is 0.769. The highest BCUT2D eigenvalue weighted by Crippen LogP contribution is 2.19. The van der Waals surface area contributed by atoms with Crippen LogP contribution in [0.25, 0.3) is 0 Å². The summed E-state index contributed by atoms with van der Waals surface area (Å²) in [6.45, 7) is 5.80. The van der Waals surface area contributed by atoms with Gasteiger partial charge in [0.1, 0.15) is 6.10 Å². The lowest BCUT2D eigenvalue weighted by Crippen LogP contribution is -2.35. The lowest BCUT2D eigenvalue weighted by atomic mass is 9.96. The fraction of sp³-hybridized carbons (Fsp3) is 0.533. The van der Waals surface area contributed by atoms with Crippen LogP contribution in [0.3, 0.4) is 0 Å². The molecule has 0 amide bonds. The van der Waals surface area contributed by atoms with Crippen LogP contribution in [0.5, 0.6) is 0 Å². The van der Waals surface area contributed by atoms with E-state index in [4.69, 9.17) is 9.47 Å². The molecule has 2 atom stereocenters. The number of ketones is 1. The Kier molecular flexibility index (Phi) is 4.50. The summed E-state index contributed by atoms with van der Waals surface area (Å²) in [4.78, 5) is 12.1. The van der Waals surface area contributed by atoms with Crippen LogP contribution >= 0.6 is 0 Å². The van der Waals surface area contributed by atoms with Crippen LogP contribution in [0, 0.1) is 0 Å². The maximum atomic E-state index is 12.1. The minimum atomic E-state index is -0.437. The Hall–Kier alpha value is -1.19. The third kappa shape index (κ3) is 2.98. The van der Waals surface area contributed by atoms with Gasteiger partial charge in [0.15, 0.2) is 5.78 Å². The summed E-state index contributed by atoms with van der Waals surface area (Å²) in [5.74, 6) is 0.550. The van der Waals surface area contributed by atoms with Gasteiger partial charge in [-0.15, -0.1) is 0 Å². The van der Waals surface area contributed by atoms with Gasteiger partial charge in [-0.3, -0.25) is 4.79 Å². The number of hydrogen-bond acceptors (Lipinski definition) is 3. The average Bonchev–Trinajstić information content (AvgIpc) is 2.47. The van der Waals surface area contributed by atoms with E-state index in [1.807, 2.05) is 24.3 Å². The Balaban J connectivity index is 2.06. The third-order valence-electron chi connectivity index (χ3n) is 3.48. The van der Waals surface area contributed by atoms with Gasteiger partial charge in [-0.2, -0.15) is 0 Å². The maximum absolute atomic E-state index is 12.1. The predicted molar refractivity (Wildman–Crippen MR) is 70.0 cm³/mol. The Morgan fingerprint density at radius 3 is 2.61 bits per heavy atom. The summed E-state index contributed by atoms with van der Waals surface area (Å²) in [5.41, 5.74) is 1.98. The summed E-state index contributed by atoms with van der Waals surface area (Å²) in [6, 6.07) is 7.85. The van der Waals surface area contributed by atoms with E-state index in [1.54, 1.807) is 0 Å². The van der Waals surface area contributed by atoms with Gasteiger partial charge in [-0.25, -0.2) is 0 Å². The number of carbonyl (C=O) groups is 1. The van der Waals surface area contributed by atoms with Gasteiger partial charge in [0.25, 0.3) is 0 Å². The van der Waals surface area contributed by atoms with Crippen molar-refractivity contribution < 1.29 is 14.3 Å². The van der Waals surface area contributed by atoms with E-state index in [9.17, 15) is 4.79 Å². The van der Waals surface area contributed by atoms with E-state index in [-0.39, 0.29) is 5.78 Å². The summed E-state index contributed by atoms with van der Waals surface area (Å²) in [5, 5.41) is 0. The molecule has 98 valence electrons. The Bertz CT molecular complexity index is 391. The van der Waals surface area contributed by atoms with E-state index in [0.717, 1.165) is 6.42 Å². The minimum Gasteiger partial charge on any atom is -0.376 e. The molecule has 18 heavy (non-hydrogen) atoms. The van der Waals surface area contributed by atoms with Gasteiger partial charge in [0.05, 0.1) is 19.8 Å². The molecule has 1 heterocycles. The topological polar surface area (TPSA) is 35.5 Å². The van der Waals surface area contributed by atoms with Crippen molar-refractivity contribution in [3.05, 3.63) is 35.4 Å². The Labute approximate surface area is 108 Å². The lowest BCUT2D eigenvalue weighted by molar-refractivity contribution is -0.0719. The highest BCUT2D eigenvalue weighted by atomic mass is 16.6. The fourth-order valence-electron chi connectivity index (χ4n) is 2.04.